The number of aromatic amines is 1. The van der Waals surface area contributed by atoms with Crippen molar-refractivity contribution >= 4 is 34.4 Å². The van der Waals surface area contributed by atoms with E-state index < -0.39 is 0 Å². The number of imidazole rings is 1. The van der Waals surface area contributed by atoms with E-state index in [2.05, 4.69) is 10.1 Å². The second-order valence-corrected chi connectivity index (χ2v) is 4.17. The smallest absolute Gasteiger partial charge is 0.223 e. The van der Waals surface area contributed by atoms with Gasteiger partial charge in [-0.2, -0.15) is 0 Å². The first-order valence-electron chi connectivity index (χ1n) is 3.50. The zero-order valence-electron chi connectivity index (χ0n) is 6.48. The summed E-state index contributed by atoms with van der Waals surface area (Å²) in [5, 5.41) is 2.89. The number of H-pyrrole nitrogens is 1. The zero-order chi connectivity index (χ0) is 9.42. The predicted octanol–water partition coefficient (Wildman–Crippen LogP) is 0.481. The fraction of sp³-hybridized carbons (Fsp3) is 0.167. The number of primary amides is 1. The lowest BCUT2D eigenvalue weighted by molar-refractivity contribution is -0.117. The number of amides is 1. The minimum atomic E-state index is -0.385. The van der Waals surface area contributed by atoms with Crippen LogP contribution in [0.4, 0.5) is 0 Å². The Balaban J connectivity index is 2.45. The number of nitrogens with zero attached hydrogens (tertiary/aromatic N) is 2. The van der Waals surface area contributed by atoms with Crippen molar-refractivity contribution in [2.45, 2.75) is 6.42 Å². The highest BCUT2D eigenvalue weighted by Gasteiger charge is 2.05. The predicted molar refractivity (Wildman–Crippen MR) is 51.2 cm³/mol. The molecule has 0 atom stereocenters. The van der Waals surface area contributed by atoms with Crippen molar-refractivity contribution in [3.05, 3.63) is 15.8 Å². The van der Waals surface area contributed by atoms with Crippen molar-refractivity contribution in [2.24, 2.45) is 5.73 Å². The van der Waals surface area contributed by atoms with Crippen LogP contribution in [0, 0.1) is 3.95 Å². The third kappa shape index (κ3) is 1.61. The summed E-state index contributed by atoms with van der Waals surface area (Å²) in [5.74, 6) is -0.385. The van der Waals surface area contributed by atoms with Crippen LogP contribution in [0.3, 0.4) is 0 Å². The molecule has 2 aromatic rings. The van der Waals surface area contributed by atoms with Crippen LogP contribution in [0.2, 0.25) is 0 Å². The van der Waals surface area contributed by atoms with Crippen molar-refractivity contribution in [3.63, 3.8) is 0 Å². The average Bonchev–Trinajstić information content (AvgIpc) is 2.41. The molecule has 0 aliphatic carbocycles. The third-order valence-corrected chi connectivity index (χ3v) is 2.56. The Morgan fingerprint density at radius 2 is 2.62 bits per heavy atom. The Morgan fingerprint density at radius 3 is 3.23 bits per heavy atom. The molecule has 5 nitrogen and oxygen atoms in total. The average molecular weight is 214 g/mol. The van der Waals surface area contributed by atoms with Gasteiger partial charge in [-0.1, -0.05) is 11.3 Å². The van der Waals surface area contributed by atoms with E-state index in [0.717, 1.165) is 4.96 Å². The van der Waals surface area contributed by atoms with Gasteiger partial charge in [0.1, 0.15) is 0 Å². The zero-order valence-corrected chi connectivity index (χ0v) is 8.11. The molecule has 0 spiro atoms. The molecule has 0 bridgehead atoms. The minimum Gasteiger partial charge on any atom is -0.369 e. The molecule has 1 amide bonds. The van der Waals surface area contributed by atoms with Crippen LogP contribution in [-0.4, -0.2) is 20.5 Å². The third-order valence-electron chi connectivity index (χ3n) is 1.47. The molecule has 68 valence electrons. The lowest BCUT2D eigenvalue weighted by Crippen LogP contribution is -2.13. The van der Waals surface area contributed by atoms with Crippen molar-refractivity contribution in [2.75, 3.05) is 0 Å². The number of aromatic nitrogens is 3. The maximum Gasteiger partial charge on any atom is 0.223 e. The molecule has 13 heavy (non-hydrogen) atoms. The molecule has 2 aromatic heterocycles. The van der Waals surface area contributed by atoms with Crippen LogP contribution in [0.15, 0.2) is 6.20 Å². The molecule has 0 saturated carbocycles. The second kappa shape index (κ2) is 2.93. The first kappa shape index (κ1) is 8.39. The number of hydrogen-bond acceptors (Lipinski definition) is 4. The summed E-state index contributed by atoms with van der Waals surface area (Å²) in [6.45, 7) is 0. The van der Waals surface area contributed by atoms with Crippen LogP contribution in [0.5, 0.6) is 0 Å². The van der Waals surface area contributed by atoms with Gasteiger partial charge in [0, 0.05) is 0 Å². The summed E-state index contributed by atoms with van der Waals surface area (Å²) in [4.78, 5) is 15.5. The maximum absolute atomic E-state index is 10.6. The Morgan fingerprint density at radius 1 is 1.85 bits per heavy atom. The summed E-state index contributed by atoms with van der Waals surface area (Å²) < 4.78 is 2.35. The van der Waals surface area contributed by atoms with Gasteiger partial charge in [-0.05, 0) is 12.2 Å². The van der Waals surface area contributed by atoms with Crippen molar-refractivity contribution in [1.29, 1.82) is 0 Å². The van der Waals surface area contributed by atoms with Gasteiger partial charge in [-0.25, -0.2) is 9.50 Å². The van der Waals surface area contributed by atoms with Gasteiger partial charge in [0.2, 0.25) is 10.9 Å². The van der Waals surface area contributed by atoms with Crippen LogP contribution < -0.4 is 5.73 Å². The van der Waals surface area contributed by atoms with Gasteiger partial charge in [0.05, 0.1) is 18.3 Å². The first-order chi connectivity index (χ1) is 6.15. The topological polar surface area (TPSA) is 76.2 Å². The van der Waals surface area contributed by atoms with E-state index in [1.54, 1.807) is 10.7 Å². The summed E-state index contributed by atoms with van der Waals surface area (Å²) >= 11 is 6.27. The van der Waals surface area contributed by atoms with Gasteiger partial charge in [-0.3, -0.25) is 9.89 Å². The summed E-state index contributed by atoms with van der Waals surface area (Å²) in [7, 11) is 0. The van der Waals surface area contributed by atoms with E-state index in [1.807, 2.05) is 0 Å². The van der Waals surface area contributed by atoms with Crippen LogP contribution >= 0.6 is 23.6 Å². The molecule has 0 fully saturated rings. The normalized spacial score (nSPS) is 10.8. The van der Waals surface area contributed by atoms with E-state index in [4.69, 9.17) is 18.0 Å². The van der Waals surface area contributed by atoms with E-state index >= 15 is 0 Å². The minimum absolute atomic E-state index is 0.162. The molecule has 0 saturated heterocycles. The van der Waals surface area contributed by atoms with Crippen LogP contribution in [0.1, 0.15) is 5.69 Å². The molecule has 0 unspecified atom stereocenters. The number of rotatable bonds is 2. The highest BCUT2D eigenvalue weighted by Crippen LogP contribution is 2.10. The van der Waals surface area contributed by atoms with Gasteiger partial charge in [-0.15, -0.1) is 0 Å². The molecule has 2 heterocycles. The molecule has 0 aliphatic heterocycles. The molecular formula is C6H6N4OS2. The first-order valence-corrected chi connectivity index (χ1v) is 4.73. The maximum atomic E-state index is 10.6. The summed E-state index contributed by atoms with van der Waals surface area (Å²) in [5.41, 5.74) is 5.69. The highest BCUT2D eigenvalue weighted by molar-refractivity contribution is 7.73. The van der Waals surface area contributed by atoms with Crippen molar-refractivity contribution in [3.8, 4) is 0 Å². The standard InChI is InChI=1S/C6H6N4OS2/c7-4(11)1-3-2-10-5(8-3)13-6(12)9-10/h2H,1H2,(H2,7,11)(H,9,12). The van der Waals surface area contributed by atoms with E-state index in [0.29, 0.717) is 9.65 Å². The SMILES string of the molecule is NC(=O)Cc1cn2[nH]c(=S)sc2n1. The Labute approximate surface area is 82.2 Å². The molecular weight excluding hydrogens is 208 g/mol. The number of nitrogens with one attached hydrogen (secondary N) is 1. The second-order valence-electron chi connectivity index (χ2n) is 2.53. The quantitative estimate of drug-likeness (QED) is 0.714. The molecule has 2 rings (SSSR count). The number of hydrogen-bond donors (Lipinski definition) is 2. The van der Waals surface area contributed by atoms with Gasteiger partial charge in [0.15, 0.2) is 3.95 Å². The number of nitrogens with two attached hydrogens (primary N) is 1. The van der Waals surface area contributed by atoms with E-state index in [9.17, 15) is 4.79 Å². The molecule has 0 aliphatic rings. The van der Waals surface area contributed by atoms with Crippen LogP contribution in [-0.2, 0) is 11.2 Å². The number of fused-ring (bicyclic) bond motifs is 1. The lowest BCUT2D eigenvalue weighted by Gasteiger charge is -1.86. The number of carbonyl (C=O) groups is 1. The van der Waals surface area contributed by atoms with Crippen LogP contribution in [0.25, 0.3) is 4.96 Å². The Bertz CT molecular complexity index is 473. The van der Waals surface area contributed by atoms with Crippen molar-refractivity contribution in [1.82, 2.24) is 14.6 Å². The van der Waals surface area contributed by atoms with Gasteiger partial charge >= 0.3 is 0 Å². The molecule has 0 aromatic carbocycles. The fourth-order valence-corrected chi connectivity index (χ4v) is 2.02. The largest absolute Gasteiger partial charge is 0.369 e. The van der Waals surface area contributed by atoms with Gasteiger partial charge < -0.3 is 5.73 Å². The highest BCUT2D eigenvalue weighted by atomic mass is 32.1. The Kier molecular flexibility index (Phi) is 1.89. The number of carbonyl (C=O) groups excluding carboxylic acids is 1. The van der Waals surface area contributed by atoms with Gasteiger partial charge in [0.25, 0.3) is 0 Å². The monoisotopic (exact) mass is 214 g/mol. The fourth-order valence-electron chi connectivity index (χ4n) is 1.03. The van der Waals surface area contributed by atoms with Crippen molar-refractivity contribution < 1.29 is 4.79 Å². The van der Waals surface area contributed by atoms with E-state index in [1.165, 1.54) is 11.3 Å². The molecule has 0 radical (unpaired) electrons. The molecule has 7 heteroatoms. The van der Waals surface area contributed by atoms with E-state index in [-0.39, 0.29) is 12.3 Å². The lowest BCUT2D eigenvalue weighted by atomic mass is 10.3. The summed E-state index contributed by atoms with van der Waals surface area (Å²) in [6, 6.07) is 0. The molecule has 3 N–H and O–H groups in total. The Hall–Kier alpha value is -1.21. The summed E-state index contributed by atoms with van der Waals surface area (Å²) in [6.07, 6.45) is 1.88.